The number of aliphatic hydroxyl groups is 1. The lowest BCUT2D eigenvalue weighted by Gasteiger charge is -2.30. The summed E-state index contributed by atoms with van der Waals surface area (Å²) >= 11 is 0. The van der Waals surface area contributed by atoms with Crippen LogP contribution in [0.3, 0.4) is 0 Å². The van der Waals surface area contributed by atoms with E-state index in [1.807, 2.05) is 0 Å². The number of amides is 1. The maximum absolute atomic E-state index is 13.8. The van der Waals surface area contributed by atoms with Gasteiger partial charge in [-0.3, -0.25) is 4.79 Å². The minimum absolute atomic E-state index is 0.0673. The number of rotatable bonds is 8. The second kappa shape index (κ2) is 9.61. The quantitative estimate of drug-likeness (QED) is 0.587. The van der Waals surface area contributed by atoms with Crippen LogP contribution in [0.1, 0.15) is 32.8 Å². The maximum Gasteiger partial charge on any atom is 0.407 e. The van der Waals surface area contributed by atoms with Gasteiger partial charge in [-0.1, -0.05) is 30.3 Å². The zero-order valence-corrected chi connectivity index (χ0v) is 15.6. The van der Waals surface area contributed by atoms with Gasteiger partial charge in [-0.2, -0.15) is 0 Å². The predicted molar refractivity (Wildman–Crippen MR) is 94.0 cm³/mol. The summed E-state index contributed by atoms with van der Waals surface area (Å²) in [5, 5.41) is 12.0. The molecule has 1 aromatic rings. The molecule has 0 aliphatic carbocycles. The number of aliphatic hydroxyl groups excluding tert-OH is 1. The normalized spacial score (nSPS) is 14.2. The average molecular weight is 388 g/mol. The van der Waals surface area contributed by atoms with Crippen molar-refractivity contribution in [2.24, 2.45) is 5.73 Å². The number of hydrogen-bond acceptors (Lipinski definition) is 6. The molecule has 0 heterocycles. The number of nitrogens with two attached hydrogens (primary N) is 1. The second-order valence-corrected chi connectivity index (χ2v) is 7.01. The van der Waals surface area contributed by atoms with Crippen LogP contribution in [0.15, 0.2) is 30.3 Å². The van der Waals surface area contributed by atoms with Gasteiger partial charge in [-0.25, -0.2) is 13.6 Å². The minimum Gasteiger partial charge on any atom is -0.461 e. The summed E-state index contributed by atoms with van der Waals surface area (Å²) in [4.78, 5) is 23.9. The zero-order chi connectivity index (χ0) is 20.7. The van der Waals surface area contributed by atoms with Crippen LogP contribution in [0.5, 0.6) is 0 Å². The maximum atomic E-state index is 13.8. The lowest BCUT2D eigenvalue weighted by atomic mass is 10.0. The molecule has 1 amide bonds. The van der Waals surface area contributed by atoms with Gasteiger partial charge in [0.05, 0.1) is 19.0 Å². The molecule has 27 heavy (non-hydrogen) atoms. The summed E-state index contributed by atoms with van der Waals surface area (Å²) in [6, 6.07) is 7.10. The number of esters is 1. The second-order valence-electron chi connectivity index (χ2n) is 7.01. The van der Waals surface area contributed by atoms with E-state index in [-0.39, 0.29) is 6.61 Å². The van der Waals surface area contributed by atoms with Crippen LogP contribution in [0.2, 0.25) is 0 Å². The molecular weight excluding hydrogens is 362 g/mol. The fourth-order valence-electron chi connectivity index (χ4n) is 2.09. The first-order valence-electron chi connectivity index (χ1n) is 8.39. The van der Waals surface area contributed by atoms with Crippen molar-refractivity contribution >= 4 is 12.1 Å². The van der Waals surface area contributed by atoms with Gasteiger partial charge in [-0.05, 0) is 26.3 Å². The fraction of sp³-hybridized carbons (Fsp3) is 0.556. The number of alkyl halides is 2. The number of alkyl carbamates (subject to hydrolysis) is 1. The number of nitrogens with one attached hydrogen (secondary N) is 1. The van der Waals surface area contributed by atoms with Gasteiger partial charge < -0.3 is 25.6 Å². The van der Waals surface area contributed by atoms with Crippen molar-refractivity contribution in [1.82, 2.24) is 5.32 Å². The Hall–Kier alpha value is -2.26. The van der Waals surface area contributed by atoms with Crippen LogP contribution in [0.25, 0.3) is 0 Å². The number of hydrogen-bond donors (Lipinski definition) is 3. The van der Waals surface area contributed by atoms with E-state index in [0.29, 0.717) is 5.56 Å². The van der Waals surface area contributed by atoms with E-state index < -0.39 is 48.7 Å². The van der Waals surface area contributed by atoms with Crippen molar-refractivity contribution in [2.75, 3.05) is 6.54 Å². The van der Waals surface area contributed by atoms with Crippen molar-refractivity contribution in [3.05, 3.63) is 35.9 Å². The van der Waals surface area contributed by atoms with Crippen molar-refractivity contribution in [3.8, 4) is 0 Å². The third-order valence-electron chi connectivity index (χ3n) is 3.42. The number of halogens is 2. The highest BCUT2D eigenvalue weighted by Gasteiger charge is 2.44. The topological polar surface area (TPSA) is 111 Å². The number of benzene rings is 1. The molecule has 152 valence electrons. The fourth-order valence-corrected chi connectivity index (χ4v) is 2.09. The Morgan fingerprint density at radius 2 is 1.81 bits per heavy atom. The van der Waals surface area contributed by atoms with Gasteiger partial charge in [0, 0.05) is 0 Å². The number of ether oxygens (including phenoxy) is 2. The Morgan fingerprint density at radius 3 is 2.33 bits per heavy atom. The highest BCUT2D eigenvalue weighted by Crippen LogP contribution is 2.22. The average Bonchev–Trinajstić information content (AvgIpc) is 2.58. The predicted octanol–water partition coefficient (Wildman–Crippen LogP) is 1.97. The largest absolute Gasteiger partial charge is 0.461 e. The molecule has 9 heteroatoms. The van der Waals surface area contributed by atoms with Crippen molar-refractivity contribution < 1.29 is 33.0 Å². The zero-order valence-electron chi connectivity index (χ0n) is 15.6. The molecule has 0 saturated heterocycles. The minimum atomic E-state index is -3.71. The van der Waals surface area contributed by atoms with E-state index in [4.69, 9.17) is 15.2 Å². The first-order chi connectivity index (χ1) is 12.4. The van der Waals surface area contributed by atoms with Gasteiger partial charge >= 0.3 is 12.1 Å². The third kappa shape index (κ3) is 8.31. The van der Waals surface area contributed by atoms with Gasteiger partial charge in [0.25, 0.3) is 5.92 Å². The molecule has 2 atom stereocenters. The molecule has 0 radical (unpaired) electrons. The molecule has 0 spiro atoms. The highest BCUT2D eigenvalue weighted by molar-refractivity contribution is 5.73. The van der Waals surface area contributed by atoms with E-state index in [9.17, 15) is 23.5 Å². The molecule has 0 aromatic heterocycles. The molecule has 1 aromatic carbocycles. The molecule has 4 N–H and O–H groups in total. The van der Waals surface area contributed by atoms with Crippen LogP contribution in [-0.2, 0) is 20.9 Å². The molecule has 0 aliphatic rings. The molecule has 0 saturated carbocycles. The van der Waals surface area contributed by atoms with Crippen molar-refractivity contribution in [2.45, 2.75) is 57.5 Å². The number of carbonyl (C=O) groups excluding carboxylic acids is 2. The smallest absolute Gasteiger partial charge is 0.407 e. The molecule has 0 fully saturated rings. The van der Waals surface area contributed by atoms with Crippen molar-refractivity contribution in [1.29, 1.82) is 0 Å². The molecule has 1 rings (SSSR count). The summed E-state index contributed by atoms with van der Waals surface area (Å²) in [5.74, 6) is -4.58. The summed E-state index contributed by atoms with van der Waals surface area (Å²) in [6.45, 7) is 3.53. The van der Waals surface area contributed by atoms with Gasteiger partial charge in [-0.15, -0.1) is 0 Å². The summed E-state index contributed by atoms with van der Waals surface area (Å²) in [7, 11) is 0. The van der Waals surface area contributed by atoms with E-state index >= 15 is 0 Å². The monoisotopic (exact) mass is 388 g/mol. The van der Waals surface area contributed by atoms with Gasteiger partial charge in [0.15, 0.2) is 0 Å². The van der Waals surface area contributed by atoms with Crippen LogP contribution < -0.4 is 11.1 Å². The summed E-state index contributed by atoms with van der Waals surface area (Å²) in [5.41, 5.74) is 4.79. The lowest BCUT2D eigenvalue weighted by Crippen LogP contribution is -2.55. The van der Waals surface area contributed by atoms with Gasteiger partial charge in [0.2, 0.25) is 0 Å². The first kappa shape index (κ1) is 22.8. The Balaban J connectivity index is 2.77. The third-order valence-corrected chi connectivity index (χ3v) is 3.42. The Morgan fingerprint density at radius 1 is 1.22 bits per heavy atom. The molecule has 7 nitrogen and oxygen atoms in total. The molecule has 0 aliphatic heterocycles. The van der Waals surface area contributed by atoms with Crippen LogP contribution in [-0.4, -0.2) is 47.4 Å². The molecule has 2 unspecified atom stereocenters. The van der Waals surface area contributed by atoms with Crippen LogP contribution >= 0.6 is 0 Å². The summed E-state index contributed by atoms with van der Waals surface area (Å²) < 4.78 is 37.5. The number of carbonyl (C=O) groups is 2. The SMILES string of the molecule is CC(C)(C)OC(=O)NC(CC(=O)OCc1ccccc1)C(O)C(F)(F)CN. The first-order valence-corrected chi connectivity index (χ1v) is 8.39. The van der Waals surface area contributed by atoms with E-state index in [1.54, 1.807) is 51.1 Å². The lowest BCUT2D eigenvalue weighted by molar-refractivity contribution is -0.150. The van der Waals surface area contributed by atoms with Gasteiger partial charge in [0.1, 0.15) is 18.3 Å². The van der Waals surface area contributed by atoms with Crippen LogP contribution in [0.4, 0.5) is 13.6 Å². The van der Waals surface area contributed by atoms with Crippen LogP contribution in [0, 0.1) is 0 Å². The van der Waals surface area contributed by atoms with E-state index in [0.717, 1.165) is 0 Å². The Kier molecular flexibility index (Phi) is 8.11. The van der Waals surface area contributed by atoms with Crippen molar-refractivity contribution in [3.63, 3.8) is 0 Å². The summed E-state index contributed by atoms with van der Waals surface area (Å²) in [6.07, 6.45) is -4.11. The highest BCUT2D eigenvalue weighted by atomic mass is 19.3. The molecule has 0 bridgehead atoms. The van der Waals surface area contributed by atoms with E-state index in [1.165, 1.54) is 0 Å². The Bertz CT molecular complexity index is 620. The Labute approximate surface area is 156 Å². The molecular formula is C18H26F2N2O5. The van der Waals surface area contributed by atoms with E-state index in [2.05, 4.69) is 5.32 Å². The standard InChI is InChI=1S/C18H26F2N2O5/c1-17(2,3)27-16(25)22-13(15(24)18(19,20)11-21)9-14(23)26-10-12-7-5-4-6-8-12/h4-8,13,15,24H,9-11,21H2,1-3H3,(H,22,25).